The summed E-state index contributed by atoms with van der Waals surface area (Å²) in [5.74, 6) is -1.65. The summed E-state index contributed by atoms with van der Waals surface area (Å²) < 4.78 is 0. The minimum absolute atomic E-state index is 0. The SMILES string of the molecule is Cl.Cl.NC(CS)C(=O)N1C[C@@H](CCB(O)O)C[C@](N)(C(=O)O)C1. The zero-order valence-electron chi connectivity index (χ0n) is 12.5. The van der Waals surface area contributed by atoms with Crippen molar-refractivity contribution in [1.29, 1.82) is 0 Å². The Hall–Kier alpha value is -0.225. The monoisotopic (exact) mass is 391 g/mol. The average Bonchev–Trinajstić information content (AvgIpc) is 2.42. The molecule has 0 radical (unpaired) electrons. The molecule has 1 amide bonds. The van der Waals surface area contributed by atoms with Gasteiger partial charge in [0.05, 0.1) is 6.04 Å². The Morgan fingerprint density at radius 2 is 1.96 bits per heavy atom. The van der Waals surface area contributed by atoms with E-state index in [0.717, 1.165) is 0 Å². The lowest BCUT2D eigenvalue weighted by Gasteiger charge is -2.42. The van der Waals surface area contributed by atoms with Crippen LogP contribution in [-0.4, -0.2) is 69.5 Å². The Kier molecular flexibility index (Phi) is 11.5. The number of carboxylic acid groups (broad SMARTS) is 1. The Morgan fingerprint density at radius 3 is 2.39 bits per heavy atom. The molecule has 12 heteroatoms. The van der Waals surface area contributed by atoms with Crippen LogP contribution < -0.4 is 11.5 Å². The molecule has 0 aliphatic carbocycles. The molecule has 1 aliphatic heterocycles. The van der Waals surface area contributed by atoms with Crippen LogP contribution in [-0.2, 0) is 9.59 Å². The van der Waals surface area contributed by atoms with Gasteiger partial charge in [-0.05, 0) is 18.7 Å². The van der Waals surface area contributed by atoms with Gasteiger partial charge in [-0.1, -0.05) is 6.42 Å². The standard InChI is InChI=1S/C11H22BN3O5S.2ClH/c13-8(5-21)9(16)15-4-7(1-2-12(19)20)3-11(14,6-15)10(17)18;;/h7-8,19-21H,1-6,13-14H2,(H,17,18);2*1H/t7-,8?,11+;;/m0../s1. The second kappa shape index (κ2) is 10.6. The summed E-state index contributed by atoms with van der Waals surface area (Å²) in [5, 5.41) is 27.1. The van der Waals surface area contributed by atoms with Crippen LogP contribution in [0.1, 0.15) is 12.8 Å². The lowest BCUT2D eigenvalue weighted by molar-refractivity contribution is -0.149. The maximum Gasteiger partial charge on any atom is 0.451 e. The van der Waals surface area contributed by atoms with E-state index in [1.807, 2.05) is 0 Å². The molecular formula is C11H24BCl2N3O5S. The van der Waals surface area contributed by atoms with Gasteiger partial charge in [0.25, 0.3) is 0 Å². The summed E-state index contributed by atoms with van der Waals surface area (Å²) in [6.45, 7) is 0.195. The van der Waals surface area contributed by atoms with Gasteiger partial charge < -0.3 is 31.5 Å². The van der Waals surface area contributed by atoms with E-state index >= 15 is 0 Å². The predicted molar refractivity (Wildman–Crippen MR) is 95.2 cm³/mol. The number of halogens is 2. The highest BCUT2D eigenvalue weighted by molar-refractivity contribution is 7.80. The average molecular weight is 392 g/mol. The Labute approximate surface area is 153 Å². The summed E-state index contributed by atoms with van der Waals surface area (Å²) in [5.41, 5.74) is 9.99. The van der Waals surface area contributed by atoms with Crippen LogP contribution in [0.15, 0.2) is 0 Å². The summed E-state index contributed by atoms with van der Waals surface area (Å²) in [6, 6.07) is -0.812. The number of carbonyl (C=O) groups is 2. The quantitative estimate of drug-likeness (QED) is 0.240. The van der Waals surface area contributed by atoms with E-state index in [-0.39, 0.29) is 55.8 Å². The molecule has 0 aromatic carbocycles. The number of piperidine rings is 1. The fourth-order valence-corrected chi connectivity index (χ4v) is 2.73. The second-order valence-corrected chi connectivity index (χ2v) is 5.96. The molecule has 1 aliphatic rings. The lowest BCUT2D eigenvalue weighted by atomic mass is 9.75. The number of carbonyl (C=O) groups excluding carboxylic acids is 1. The van der Waals surface area contributed by atoms with Crippen LogP contribution in [0.3, 0.4) is 0 Å². The highest BCUT2D eigenvalue weighted by atomic mass is 35.5. The third-order valence-corrected chi connectivity index (χ3v) is 4.08. The second-order valence-electron chi connectivity index (χ2n) is 5.60. The van der Waals surface area contributed by atoms with Crippen LogP contribution in [0.2, 0.25) is 6.32 Å². The first-order chi connectivity index (χ1) is 9.69. The summed E-state index contributed by atoms with van der Waals surface area (Å²) in [7, 11) is -1.47. The van der Waals surface area contributed by atoms with Crippen LogP contribution >= 0.6 is 37.4 Å². The van der Waals surface area contributed by atoms with Gasteiger partial charge >= 0.3 is 13.1 Å². The van der Waals surface area contributed by atoms with Gasteiger partial charge in [0.15, 0.2) is 0 Å². The highest BCUT2D eigenvalue weighted by Crippen LogP contribution is 2.28. The fraction of sp³-hybridized carbons (Fsp3) is 0.818. The van der Waals surface area contributed by atoms with Gasteiger partial charge in [-0.25, -0.2) is 0 Å². The first-order valence-corrected chi connectivity index (χ1v) is 7.36. The van der Waals surface area contributed by atoms with Gasteiger partial charge in [0.1, 0.15) is 5.54 Å². The van der Waals surface area contributed by atoms with Gasteiger partial charge in [0.2, 0.25) is 5.91 Å². The van der Waals surface area contributed by atoms with Crippen molar-refractivity contribution in [2.24, 2.45) is 17.4 Å². The fourth-order valence-electron chi connectivity index (χ4n) is 2.57. The van der Waals surface area contributed by atoms with Gasteiger partial charge in [-0.3, -0.25) is 9.59 Å². The maximum absolute atomic E-state index is 12.1. The van der Waals surface area contributed by atoms with Crippen molar-refractivity contribution in [3.8, 4) is 0 Å². The summed E-state index contributed by atoms with van der Waals surface area (Å²) in [4.78, 5) is 24.8. The maximum atomic E-state index is 12.1. The van der Waals surface area contributed by atoms with Crippen molar-refractivity contribution in [2.45, 2.75) is 30.7 Å². The Balaban J connectivity index is 0. The number of nitrogens with zero attached hydrogens (tertiary/aromatic N) is 1. The highest BCUT2D eigenvalue weighted by Gasteiger charge is 2.44. The minimum Gasteiger partial charge on any atom is -0.480 e. The van der Waals surface area contributed by atoms with Crippen molar-refractivity contribution in [3.05, 3.63) is 0 Å². The number of likely N-dealkylation sites (tertiary alicyclic amines) is 1. The molecule has 1 saturated heterocycles. The molecule has 1 unspecified atom stereocenters. The zero-order chi connectivity index (χ0) is 16.2. The first kappa shape index (κ1) is 25.0. The van der Waals surface area contributed by atoms with Crippen molar-refractivity contribution < 1.29 is 24.7 Å². The van der Waals surface area contributed by atoms with E-state index in [0.29, 0.717) is 13.0 Å². The molecule has 1 rings (SSSR count). The third-order valence-electron chi connectivity index (χ3n) is 3.69. The number of rotatable bonds is 6. The normalized spacial score (nSPS) is 24.9. The van der Waals surface area contributed by atoms with Crippen LogP contribution in [0, 0.1) is 5.92 Å². The van der Waals surface area contributed by atoms with Crippen molar-refractivity contribution in [2.75, 3.05) is 18.8 Å². The van der Waals surface area contributed by atoms with Gasteiger partial charge in [-0.2, -0.15) is 12.6 Å². The topological polar surface area (TPSA) is 150 Å². The molecule has 8 nitrogen and oxygen atoms in total. The molecule has 0 spiro atoms. The van der Waals surface area contributed by atoms with Crippen molar-refractivity contribution >= 4 is 56.4 Å². The molecule has 1 heterocycles. The smallest absolute Gasteiger partial charge is 0.451 e. The molecule has 0 aromatic rings. The van der Waals surface area contributed by atoms with Crippen molar-refractivity contribution in [1.82, 2.24) is 4.90 Å². The van der Waals surface area contributed by atoms with E-state index in [2.05, 4.69) is 12.6 Å². The molecule has 3 atom stereocenters. The number of thiol groups is 1. The van der Waals surface area contributed by atoms with E-state index in [9.17, 15) is 14.7 Å². The molecule has 23 heavy (non-hydrogen) atoms. The summed E-state index contributed by atoms with van der Waals surface area (Å²) in [6.07, 6.45) is 0.639. The van der Waals surface area contributed by atoms with E-state index in [4.69, 9.17) is 21.5 Å². The van der Waals surface area contributed by atoms with E-state index in [1.54, 1.807) is 0 Å². The molecule has 136 valence electrons. The third kappa shape index (κ3) is 7.04. The van der Waals surface area contributed by atoms with Crippen LogP contribution in [0.4, 0.5) is 0 Å². The number of hydrogen-bond donors (Lipinski definition) is 6. The summed E-state index contributed by atoms with van der Waals surface area (Å²) >= 11 is 3.96. The number of amides is 1. The van der Waals surface area contributed by atoms with Crippen LogP contribution in [0.5, 0.6) is 0 Å². The van der Waals surface area contributed by atoms with Gasteiger partial charge in [-0.15, -0.1) is 24.8 Å². The lowest BCUT2D eigenvalue weighted by Crippen LogP contribution is -2.64. The number of carboxylic acids is 1. The molecular weight excluding hydrogens is 368 g/mol. The molecule has 7 N–H and O–H groups in total. The van der Waals surface area contributed by atoms with E-state index < -0.39 is 30.6 Å². The number of aliphatic carboxylic acids is 1. The molecule has 0 aromatic heterocycles. The molecule has 0 saturated carbocycles. The van der Waals surface area contributed by atoms with E-state index in [1.165, 1.54) is 4.90 Å². The number of hydrogen-bond acceptors (Lipinski definition) is 7. The van der Waals surface area contributed by atoms with Gasteiger partial charge in [0, 0.05) is 18.8 Å². The van der Waals surface area contributed by atoms with Crippen molar-refractivity contribution in [3.63, 3.8) is 0 Å². The number of nitrogens with two attached hydrogens (primary N) is 2. The minimum atomic E-state index is -1.55. The molecule has 1 fully saturated rings. The largest absolute Gasteiger partial charge is 0.480 e. The molecule has 0 bridgehead atoms. The zero-order valence-corrected chi connectivity index (χ0v) is 15.0. The Morgan fingerprint density at radius 1 is 1.39 bits per heavy atom. The van der Waals surface area contributed by atoms with Crippen LogP contribution in [0.25, 0.3) is 0 Å². The Bertz CT molecular complexity index is 410. The predicted octanol–water partition coefficient (Wildman–Crippen LogP) is -1.42. The first-order valence-electron chi connectivity index (χ1n) is 6.73.